The molecule has 1 aliphatic rings. The van der Waals surface area contributed by atoms with Crippen LogP contribution < -0.4 is 5.32 Å². The minimum absolute atomic E-state index is 0.380. The second-order valence-electron chi connectivity index (χ2n) is 5.26. The summed E-state index contributed by atoms with van der Waals surface area (Å²) in [5, 5.41) is 6.87. The molecule has 2 rings (SSSR count). The van der Waals surface area contributed by atoms with E-state index in [0.717, 1.165) is 11.8 Å². The zero-order chi connectivity index (χ0) is 12.3. The van der Waals surface area contributed by atoms with Gasteiger partial charge in [-0.05, 0) is 32.7 Å². The Morgan fingerprint density at radius 2 is 2.35 bits per heavy atom. The third-order valence-electron chi connectivity index (χ3n) is 4.13. The minimum atomic E-state index is 0.380. The highest BCUT2D eigenvalue weighted by molar-refractivity contribution is 7.09. The highest BCUT2D eigenvalue weighted by Crippen LogP contribution is 2.38. The second kappa shape index (κ2) is 5.96. The SMILES string of the molecule is CCC1CCCC(c2nc(C(C)NC)cs2)C1. The van der Waals surface area contributed by atoms with Gasteiger partial charge in [0.2, 0.25) is 0 Å². The Labute approximate surface area is 109 Å². The predicted molar refractivity (Wildman–Crippen MR) is 74.6 cm³/mol. The number of hydrogen-bond acceptors (Lipinski definition) is 3. The van der Waals surface area contributed by atoms with E-state index in [1.165, 1.54) is 42.8 Å². The van der Waals surface area contributed by atoms with E-state index in [1.54, 1.807) is 0 Å². The van der Waals surface area contributed by atoms with E-state index in [4.69, 9.17) is 4.98 Å². The molecular weight excluding hydrogens is 228 g/mol. The van der Waals surface area contributed by atoms with Crippen molar-refractivity contribution in [1.82, 2.24) is 10.3 Å². The summed E-state index contributed by atoms with van der Waals surface area (Å²) >= 11 is 1.86. The highest BCUT2D eigenvalue weighted by atomic mass is 32.1. The molecule has 17 heavy (non-hydrogen) atoms. The lowest BCUT2D eigenvalue weighted by Gasteiger charge is -2.26. The van der Waals surface area contributed by atoms with E-state index in [1.807, 2.05) is 18.4 Å². The molecule has 0 aliphatic heterocycles. The van der Waals surface area contributed by atoms with Crippen LogP contribution in [0.2, 0.25) is 0 Å². The van der Waals surface area contributed by atoms with Crippen LogP contribution in [0.4, 0.5) is 0 Å². The van der Waals surface area contributed by atoms with Crippen molar-refractivity contribution in [1.29, 1.82) is 0 Å². The van der Waals surface area contributed by atoms with Crippen LogP contribution in [-0.2, 0) is 0 Å². The average Bonchev–Trinajstić information content (AvgIpc) is 2.87. The van der Waals surface area contributed by atoms with Crippen molar-refractivity contribution >= 4 is 11.3 Å². The molecule has 0 radical (unpaired) electrons. The topological polar surface area (TPSA) is 24.9 Å². The first-order valence-corrected chi connectivity index (χ1v) is 7.75. The van der Waals surface area contributed by atoms with Crippen molar-refractivity contribution in [2.24, 2.45) is 5.92 Å². The van der Waals surface area contributed by atoms with Crippen LogP contribution in [0.5, 0.6) is 0 Å². The van der Waals surface area contributed by atoms with Crippen molar-refractivity contribution in [2.75, 3.05) is 7.05 Å². The van der Waals surface area contributed by atoms with E-state index < -0.39 is 0 Å². The summed E-state index contributed by atoms with van der Waals surface area (Å²) in [7, 11) is 2.00. The van der Waals surface area contributed by atoms with Gasteiger partial charge in [-0.15, -0.1) is 11.3 Å². The molecule has 3 unspecified atom stereocenters. The summed E-state index contributed by atoms with van der Waals surface area (Å²) in [4.78, 5) is 4.83. The Morgan fingerprint density at radius 3 is 3.06 bits per heavy atom. The molecule has 0 spiro atoms. The highest BCUT2D eigenvalue weighted by Gasteiger charge is 2.24. The van der Waals surface area contributed by atoms with Gasteiger partial charge in [-0.2, -0.15) is 0 Å². The molecule has 1 heterocycles. The van der Waals surface area contributed by atoms with Crippen molar-refractivity contribution in [2.45, 2.75) is 57.9 Å². The first kappa shape index (κ1) is 13.0. The van der Waals surface area contributed by atoms with Crippen molar-refractivity contribution in [3.8, 4) is 0 Å². The molecule has 0 aromatic carbocycles. The summed E-state index contributed by atoms with van der Waals surface area (Å²) in [6, 6.07) is 0.380. The second-order valence-corrected chi connectivity index (χ2v) is 6.15. The van der Waals surface area contributed by atoms with Crippen molar-refractivity contribution in [3.63, 3.8) is 0 Å². The summed E-state index contributed by atoms with van der Waals surface area (Å²) in [5.41, 5.74) is 1.21. The Kier molecular flexibility index (Phi) is 4.57. The summed E-state index contributed by atoms with van der Waals surface area (Å²) < 4.78 is 0. The van der Waals surface area contributed by atoms with E-state index >= 15 is 0 Å². The lowest BCUT2D eigenvalue weighted by Crippen LogP contribution is -2.15. The fraction of sp³-hybridized carbons (Fsp3) is 0.786. The number of hydrogen-bond donors (Lipinski definition) is 1. The molecule has 0 amide bonds. The van der Waals surface area contributed by atoms with E-state index in [0.29, 0.717) is 6.04 Å². The Hall–Kier alpha value is -0.410. The first-order chi connectivity index (χ1) is 8.24. The summed E-state index contributed by atoms with van der Waals surface area (Å²) in [6.45, 7) is 4.50. The number of thiazole rings is 1. The van der Waals surface area contributed by atoms with Gasteiger partial charge in [0.05, 0.1) is 10.7 Å². The fourth-order valence-electron chi connectivity index (χ4n) is 2.72. The molecule has 1 aromatic heterocycles. The molecule has 1 aromatic rings. The van der Waals surface area contributed by atoms with Crippen LogP contribution >= 0.6 is 11.3 Å². The maximum absolute atomic E-state index is 4.83. The molecule has 1 fully saturated rings. The smallest absolute Gasteiger partial charge is 0.0960 e. The van der Waals surface area contributed by atoms with Gasteiger partial charge in [0.25, 0.3) is 0 Å². The molecule has 3 atom stereocenters. The van der Waals surface area contributed by atoms with E-state index in [-0.39, 0.29) is 0 Å². The van der Waals surface area contributed by atoms with Gasteiger partial charge in [0, 0.05) is 17.3 Å². The van der Waals surface area contributed by atoms with Gasteiger partial charge in [-0.3, -0.25) is 0 Å². The maximum Gasteiger partial charge on any atom is 0.0960 e. The minimum Gasteiger partial charge on any atom is -0.312 e. The van der Waals surface area contributed by atoms with Crippen LogP contribution in [0.25, 0.3) is 0 Å². The van der Waals surface area contributed by atoms with Crippen LogP contribution in [0.15, 0.2) is 5.38 Å². The Bertz CT molecular complexity index is 348. The van der Waals surface area contributed by atoms with E-state index in [9.17, 15) is 0 Å². The van der Waals surface area contributed by atoms with Gasteiger partial charge in [-0.1, -0.05) is 26.2 Å². The van der Waals surface area contributed by atoms with Crippen LogP contribution in [0, 0.1) is 5.92 Å². The average molecular weight is 252 g/mol. The number of aromatic nitrogens is 1. The predicted octanol–water partition coefficient (Wildman–Crippen LogP) is 4.11. The Balaban J connectivity index is 2.04. The summed E-state index contributed by atoms with van der Waals surface area (Å²) in [6.07, 6.45) is 6.86. The third kappa shape index (κ3) is 3.08. The maximum atomic E-state index is 4.83. The lowest BCUT2D eigenvalue weighted by molar-refractivity contribution is 0.313. The molecule has 2 nitrogen and oxygen atoms in total. The Morgan fingerprint density at radius 1 is 1.53 bits per heavy atom. The van der Waals surface area contributed by atoms with Gasteiger partial charge in [0.1, 0.15) is 0 Å². The van der Waals surface area contributed by atoms with Crippen LogP contribution in [0.1, 0.15) is 68.6 Å². The monoisotopic (exact) mass is 252 g/mol. The molecule has 0 saturated heterocycles. The lowest BCUT2D eigenvalue weighted by atomic mass is 9.80. The summed E-state index contributed by atoms with van der Waals surface area (Å²) in [5.74, 6) is 1.67. The van der Waals surface area contributed by atoms with E-state index in [2.05, 4.69) is 24.5 Å². The first-order valence-electron chi connectivity index (χ1n) is 6.87. The largest absolute Gasteiger partial charge is 0.312 e. The van der Waals surface area contributed by atoms with Gasteiger partial charge in [-0.25, -0.2) is 4.98 Å². The van der Waals surface area contributed by atoms with Crippen molar-refractivity contribution < 1.29 is 0 Å². The standard InChI is InChI=1S/C14H24N2S/c1-4-11-6-5-7-12(8-11)14-16-13(9-17-14)10(2)15-3/h9-12,15H,4-8H2,1-3H3. The molecule has 96 valence electrons. The molecule has 3 heteroatoms. The molecule has 1 aliphatic carbocycles. The quantitative estimate of drug-likeness (QED) is 0.872. The fourth-order valence-corrected chi connectivity index (χ4v) is 3.78. The van der Waals surface area contributed by atoms with Gasteiger partial charge >= 0.3 is 0 Å². The van der Waals surface area contributed by atoms with Crippen LogP contribution in [-0.4, -0.2) is 12.0 Å². The molecule has 0 bridgehead atoms. The van der Waals surface area contributed by atoms with Gasteiger partial charge in [0.15, 0.2) is 0 Å². The van der Waals surface area contributed by atoms with Crippen LogP contribution in [0.3, 0.4) is 0 Å². The number of nitrogens with zero attached hydrogens (tertiary/aromatic N) is 1. The van der Waals surface area contributed by atoms with Gasteiger partial charge < -0.3 is 5.32 Å². The number of rotatable bonds is 4. The number of nitrogens with one attached hydrogen (secondary N) is 1. The zero-order valence-electron chi connectivity index (χ0n) is 11.2. The molecular formula is C14H24N2S. The normalized spacial score (nSPS) is 27.0. The zero-order valence-corrected chi connectivity index (χ0v) is 12.0. The molecule has 1 N–H and O–H groups in total. The van der Waals surface area contributed by atoms with Crippen molar-refractivity contribution in [3.05, 3.63) is 16.1 Å². The molecule has 1 saturated carbocycles. The third-order valence-corrected chi connectivity index (χ3v) is 5.15.